The molecule has 1 heterocycles. The maximum Gasteiger partial charge on any atom is 0.226 e. The molecule has 23 heavy (non-hydrogen) atoms. The molecule has 5 heteroatoms. The van der Waals surface area contributed by atoms with Crippen molar-refractivity contribution in [3.8, 4) is 11.5 Å². The van der Waals surface area contributed by atoms with Gasteiger partial charge in [-0.05, 0) is 36.8 Å². The van der Waals surface area contributed by atoms with Gasteiger partial charge in [0.25, 0.3) is 0 Å². The van der Waals surface area contributed by atoms with Crippen molar-refractivity contribution in [3.05, 3.63) is 76.9 Å². The van der Waals surface area contributed by atoms with E-state index in [1.54, 1.807) is 18.4 Å². The molecule has 0 radical (unpaired) electrons. The lowest BCUT2D eigenvalue weighted by molar-refractivity contribution is 0.553. The average molecular weight is 331 g/mol. The van der Waals surface area contributed by atoms with E-state index in [4.69, 9.17) is 16.0 Å². The van der Waals surface area contributed by atoms with Crippen molar-refractivity contribution in [3.63, 3.8) is 0 Å². The van der Waals surface area contributed by atoms with Crippen LogP contribution in [0.5, 0.6) is 0 Å². The fourth-order valence-corrected chi connectivity index (χ4v) is 2.64. The summed E-state index contributed by atoms with van der Waals surface area (Å²) in [6.07, 6.45) is 1.58. The summed E-state index contributed by atoms with van der Waals surface area (Å²) in [5, 5.41) is 4.08. The second kappa shape index (κ2) is 6.94. The number of hydrogen-bond donors (Lipinski definition) is 1. The molecular formula is C18H16ClFN2O. The molecule has 0 spiro atoms. The summed E-state index contributed by atoms with van der Waals surface area (Å²) >= 11 is 6.19. The van der Waals surface area contributed by atoms with E-state index in [9.17, 15) is 4.39 Å². The molecular weight excluding hydrogens is 315 g/mol. The zero-order chi connectivity index (χ0) is 16.2. The van der Waals surface area contributed by atoms with Gasteiger partial charge in [0, 0.05) is 23.2 Å². The highest BCUT2D eigenvalue weighted by atomic mass is 35.5. The SMILES string of the molecule is CC(NCc1coc(-c2cccc(F)c2)n1)c1ccccc1Cl. The van der Waals surface area contributed by atoms with Crippen LogP contribution in [0.15, 0.2) is 59.2 Å². The Morgan fingerprint density at radius 2 is 2.04 bits per heavy atom. The molecule has 3 nitrogen and oxygen atoms in total. The van der Waals surface area contributed by atoms with Crippen molar-refractivity contribution < 1.29 is 8.81 Å². The number of aromatic nitrogens is 1. The highest BCUT2D eigenvalue weighted by Gasteiger charge is 2.11. The van der Waals surface area contributed by atoms with Crippen molar-refractivity contribution in [1.82, 2.24) is 10.3 Å². The predicted molar refractivity (Wildman–Crippen MR) is 88.6 cm³/mol. The number of nitrogens with zero attached hydrogens (tertiary/aromatic N) is 1. The normalized spacial score (nSPS) is 12.3. The van der Waals surface area contributed by atoms with Gasteiger partial charge in [0.05, 0.1) is 5.69 Å². The second-order valence-electron chi connectivity index (χ2n) is 5.28. The van der Waals surface area contributed by atoms with Crippen molar-refractivity contribution in [2.24, 2.45) is 0 Å². The quantitative estimate of drug-likeness (QED) is 0.716. The molecule has 0 aliphatic carbocycles. The molecule has 2 aromatic carbocycles. The van der Waals surface area contributed by atoms with E-state index in [0.29, 0.717) is 18.0 Å². The Balaban J connectivity index is 1.67. The summed E-state index contributed by atoms with van der Waals surface area (Å²) in [6, 6.07) is 14.0. The third-order valence-electron chi connectivity index (χ3n) is 3.58. The highest BCUT2D eigenvalue weighted by Crippen LogP contribution is 2.23. The molecule has 1 unspecified atom stereocenters. The first kappa shape index (κ1) is 15.7. The molecule has 0 fully saturated rings. The number of nitrogens with one attached hydrogen (secondary N) is 1. The Hall–Kier alpha value is -2.17. The summed E-state index contributed by atoms with van der Waals surface area (Å²) in [5.74, 6) is 0.0967. The molecule has 1 atom stereocenters. The maximum absolute atomic E-state index is 13.2. The molecule has 0 aliphatic heterocycles. The number of hydrogen-bond acceptors (Lipinski definition) is 3. The van der Waals surface area contributed by atoms with E-state index < -0.39 is 0 Å². The van der Waals surface area contributed by atoms with Gasteiger partial charge < -0.3 is 9.73 Å². The second-order valence-corrected chi connectivity index (χ2v) is 5.69. The molecule has 3 aromatic rings. The van der Waals surface area contributed by atoms with Gasteiger partial charge in [0.2, 0.25) is 5.89 Å². The van der Waals surface area contributed by atoms with Crippen LogP contribution < -0.4 is 5.32 Å². The molecule has 1 N–H and O–H groups in total. The van der Waals surface area contributed by atoms with Crippen molar-refractivity contribution >= 4 is 11.6 Å². The van der Waals surface area contributed by atoms with Crippen LogP contribution in [-0.2, 0) is 6.54 Å². The number of oxazole rings is 1. The Morgan fingerprint density at radius 3 is 2.83 bits per heavy atom. The summed E-state index contributed by atoms with van der Waals surface area (Å²) in [5.41, 5.74) is 2.40. The monoisotopic (exact) mass is 330 g/mol. The van der Waals surface area contributed by atoms with Crippen molar-refractivity contribution in [1.29, 1.82) is 0 Å². The van der Waals surface area contributed by atoms with Crippen LogP contribution in [0.25, 0.3) is 11.5 Å². The van der Waals surface area contributed by atoms with Crippen LogP contribution in [0.4, 0.5) is 4.39 Å². The lowest BCUT2D eigenvalue weighted by Gasteiger charge is -2.14. The minimum atomic E-state index is -0.312. The Morgan fingerprint density at radius 1 is 1.22 bits per heavy atom. The van der Waals surface area contributed by atoms with Gasteiger partial charge >= 0.3 is 0 Å². The van der Waals surface area contributed by atoms with E-state index in [2.05, 4.69) is 10.3 Å². The smallest absolute Gasteiger partial charge is 0.226 e. The van der Waals surface area contributed by atoms with Gasteiger partial charge in [-0.2, -0.15) is 0 Å². The lowest BCUT2D eigenvalue weighted by atomic mass is 10.1. The van der Waals surface area contributed by atoms with Crippen LogP contribution in [-0.4, -0.2) is 4.98 Å². The van der Waals surface area contributed by atoms with Crippen LogP contribution in [0, 0.1) is 5.82 Å². The van der Waals surface area contributed by atoms with Crippen molar-refractivity contribution in [2.75, 3.05) is 0 Å². The topological polar surface area (TPSA) is 38.1 Å². The molecule has 0 amide bonds. The highest BCUT2D eigenvalue weighted by molar-refractivity contribution is 6.31. The summed E-state index contributed by atoms with van der Waals surface area (Å²) in [6.45, 7) is 2.57. The minimum absolute atomic E-state index is 0.0815. The molecule has 0 aliphatic rings. The van der Waals surface area contributed by atoms with Crippen LogP contribution in [0.3, 0.4) is 0 Å². The Bertz CT molecular complexity index is 803. The standard InChI is InChI=1S/C18H16ClFN2O/c1-12(16-7-2-3-8-17(16)19)21-10-15-11-23-18(22-15)13-5-4-6-14(20)9-13/h2-9,11-12,21H,10H2,1H3. The van der Waals surface area contributed by atoms with Crippen molar-refractivity contribution in [2.45, 2.75) is 19.5 Å². The van der Waals surface area contributed by atoms with Gasteiger partial charge in [-0.1, -0.05) is 35.9 Å². The molecule has 0 saturated heterocycles. The van der Waals surface area contributed by atoms with Crippen LogP contribution in [0.2, 0.25) is 5.02 Å². The Labute approximate surface area is 139 Å². The average Bonchev–Trinajstić information content (AvgIpc) is 3.02. The van der Waals surface area contributed by atoms with Gasteiger partial charge in [0.15, 0.2) is 0 Å². The van der Waals surface area contributed by atoms with E-state index in [1.807, 2.05) is 31.2 Å². The van der Waals surface area contributed by atoms with Crippen LogP contribution in [0.1, 0.15) is 24.2 Å². The number of halogens is 2. The van der Waals surface area contributed by atoms with E-state index >= 15 is 0 Å². The largest absolute Gasteiger partial charge is 0.444 e. The molecule has 1 aromatic heterocycles. The van der Waals surface area contributed by atoms with Gasteiger partial charge in [0.1, 0.15) is 12.1 Å². The zero-order valence-corrected chi connectivity index (χ0v) is 13.3. The molecule has 0 bridgehead atoms. The number of rotatable bonds is 5. The predicted octanol–water partition coefficient (Wildman–Crippen LogP) is 4.98. The summed E-state index contributed by atoms with van der Waals surface area (Å²) in [7, 11) is 0. The van der Waals surface area contributed by atoms with Crippen LogP contribution >= 0.6 is 11.6 Å². The van der Waals surface area contributed by atoms with Gasteiger partial charge in [-0.25, -0.2) is 9.37 Å². The number of benzene rings is 2. The molecule has 3 rings (SSSR count). The van der Waals surface area contributed by atoms with Gasteiger partial charge in [-0.15, -0.1) is 0 Å². The first-order valence-corrected chi connectivity index (χ1v) is 7.69. The lowest BCUT2D eigenvalue weighted by Crippen LogP contribution is -2.18. The van der Waals surface area contributed by atoms with E-state index in [1.165, 1.54) is 12.1 Å². The fraction of sp³-hybridized carbons (Fsp3) is 0.167. The first-order chi connectivity index (χ1) is 11.1. The zero-order valence-electron chi connectivity index (χ0n) is 12.6. The van der Waals surface area contributed by atoms with E-state index in [-0.39, 0.29) is 11.9 Å². The minimum Gasteiger partial charge on any atom is -0.444 e. The Kier molecular flexibility index (Phi) is 4.74. The third kappa shape index (κ3) is 3.78. The fourth-order valence-electron chi connectivity index (χ4n) is 2.34. The summed E-state index contributed by atoms with van der Waals surface area (Å²) < 4.78 is 18.7. The van der Waals surface area contributed by atoms with E-state index in [0.717, 1.165) is 16.3 Å². The summed E-state index contributed by atoms with van der Waals surface area (Å²) in [4.78, 5) is 4.38. The maximum atomic E-state index is 13.2. The first-order valence-electron chi connectivity index (χ1n) is 7.31. The molecule has 118 valence electrons. The molecule has 0 saturated carbocycles. The third-order valence-corrected chi connectivity index (χ3v) is 3.93. The van der Waals surface area contributed by atoms with Gasteiger partial charge in [-0.3, -0.25) is 0 Å².